The third-order valence-corrected chi connectivity index (χ3v) is 11.1. The van der Waals surface area contributed by atoms with Crippen molar-refractivity contribution in [2.75, 3.05) is 4.90 Å². The second kappa shape index (κ2) is 14.8. The van der Waals surface area contributed by atoms with E-state index in [0.29, 0.717) is 0 Å². The molecule has 10 aromatic rings. The number of hydrogen-bond donors (Lipinski definition) is 0. The third-order valence-electron chi connectivity index (χ3n) is 11.1. The first kappa shape index (κ1) is 34.8. The molecule has 0 radical (unpaired) electrons. The van der Waals surface area contributed by atoms with Crippen molar-refractivity contribution in [1.29, 1.82) is 0 Å². The number of furan rings is 1. The highest BCUT2D eigenvalue weighted by atomic mass is 16.3. The van der Waals surface area contributed by atoms with Gasteiger partial charge in [-0.3, -0.25) is 0 Å². The van der Waals surface area contributed by atoms with Crippen molar-refractivity contribution in [3.05, 3.63) is 237 Å². The lowest BCUT2D eigenvalue weighted by atomic mass is 9.97. The van der Waals surface area contributed by atoms with Crippen LogP contribution >= 0.6 is 0 Å². The smallest absolute Gasteiger partial charge is 0.136 e. The van der Waals surface area contributed by atoms with E-state index in [1.165, 1.54) is 27.1 Å². The Bertz CT molecular complexity index is 3200. The summed E-state index contributed by atoms with van der Waals surface area (Å²) < 4.78 is 6.41. The fourth-order valence-electron chi connectivity index (χ4n) is 8.15. The highest BCUT2D eigenvalue weighted by molar-refractivity contribution is 6.11. The first-order valence-corrected chi connectivity index (χ1v) is 19.6. The SMILES string of the molecule is C=C/C(=C\C(=C)c1ccccc1)c1ccc(N(c2cccc(-c3ccc4ccccc4c3)c2)c2ccccc2-c2ccc3oc4cc5ccccc5cc4c3c2)cc1. The van der Waals surface area contributed by atoms with E-state index in [-0.39, 0.29) is 0 Å². The number of benzene rings is 9. The highest BCUT2D eigenvalue weighted by Crippen LogP contribution is 2.44. The average Bonchev–Trinajstić information content (AvgIpc) is 3.64. The van der Waals surface area contributed by atoms with Crippen molar-refractivity contribution >= 4 is 71.7 Å². The van der Waals surface area contributed by atoms with E-state index in [0.717, 1.165) is 78.0 Å². The van der Waals surface area contributed by atoms with Crippen LogP contribution in [0.3, 0.4) is 0 Å². The second-order valence-corrected chi connectivity index (χ2v) is 14.7. The van der Waals surface area contributed by atoms with Gasteiger partial charge in [0, 0.05) is 27.7 Å². The van der Waals surface area contributed by atoms with Crippen LogP contribution in [0.2, 0.25) is 0 Å². The lowest BCUT2D eigenvalue weighted by Gasteiger charge is -2.28. The zero-order valence-electron chi connectivity index (χ0n) is 32.0. The van der Waals surface area contributed by atoms with Crippen LogP contribution in [0.4, 0.5) is 17.1 Å². The highest BCUT2D eigenvalue weighted by Gasteiger charge is 2.19. The van der Waals surface area contributed by atoms with Crippen LogP contribution in [-0.2, 0) is 0 Å². The second-order valence-electron chi connectivity index (χ2n) is 14.7. The normalized spacial score (nSPS) is 11.7. The summed E-state index contributed by atoms with van der Waals surface area (Å²) in [6, 6.07) is 71.2. The van der Waals surface area contributed by atoms with E-state index in [2.05, 4.69) is 206 Å². The molecule has 10 rings (SSSR count). The van der Waals surface area contributed by atoms with Gasteiger partial charge in [0.25, 0.3) is 0 Å². The van der Waals surface area contributed by atoms with Crippen LogP contribution in [-0.4, -0.2) is 0 Å². The Balaban J connectivity index is 1.11. The van der Waals surface area contributed by atoms with E-state index in [1.54, 1.807) is 0 Å². The Morgan fingerprint density at radius 3 is 1.90 bits per heavy atom. The molecule has 0 saturated heterocycles. The summed E-state index contributed by atoms with van der Waals surface area (Å²) in [5, 5.41) is 7.04. The summed E-state index contributed by atoms with van der Waals surface area (Å²) in [7, 11) is 0. The van der Waals surface area contributed by atoms with Gasteiger partial charge in [0.15, 0.2) is 0 Å². The maximum absolute atomic E-state index is 6.41. The molecule has 0 fully saturated rings. The minimum absolute atomic E-state index is 0.878. The Hall–Kier alpha value is -7.68. The zero-order valence-corrected chi connectivity index (χ0v) is 32.0. The van der Waals surface area contributed by atoms with Crippen molar-refractivity contribution in [1.82, 2.24) is 0 Å². The van der Waals surface area contributed by atoms with Gasteiger partial charge in [-0.2, -0.15) is 0 Å². The predicted octanol–water partition coefficient (Wildman–Crippen LogP) is 16.0. The number of rotatable bonds is 9. The summed E-state index contributed by atoms with van der Waals surface area (Å²) in [5.41, 5.74) is 13.6. The van der Waals surface area contributed by atoms with E-state index in [1.807, 2.05) is 24.3 Å². The Labute approximate surface area is 338 Å². The van der Waals surface area contributed by atoms with Crippen molar-refractivity contribution in [2.24, 2.45) is 0 Å². The van der Waals surface area contributed by atoms with Gasteiger partial charge in [0.1, 0.15) is 11.2 Å². The molecule has 0 saturated carbocycles. The Kier molecular flexibility index (Phi) is 8.85. The fourth-order valence-corrected chi connectivity index (χ4v) is 8.15. The molecule has 0 unspecified atom stereocenters. The maximum atomic E-state index is 6.41. The molecular formula is C56H39NO. The molecule has 58 heavy (non-hydrogen) atoms. The quantitative estimate of drug-likeness (QED) is 0.137. The van der Waals surface area contributed by atoms with Gasteiger partial charge in [-0.15, -0.1) is 0 Å². The summed E-state index contributed by atoms with van der Waals surface area (Å²) in [6.07, 6.45) is 4.01. The topological polar surface area (TPSA) is 16.4 Å². The fraction of sp³-hybridized carbons (Fsp3) is 0. The minimum atomic E-state index is 0.878. The Morgan fingerprint density at radius 1 is 0.448 bits per heavy atom. The van der Waals surface area contributed by atoms with Gasteiger partial charge in [-0.05, 0) is 127 Å². The van der Waals surface area contributed by atoms with E-state index in [9.17, 15) is 0 Å². The summed E-state index contributed by atoms with van der Waals surface area (Å²) in [4.78, 5) is 2.37. The van der Waals surface area contributed by atoms with Gasteiger partial charge in [0.05, 0.1) is 5.69 Å². The molecule has 0 aliphatic heterocycles. The number of fused-ring (bicyclic) bond motifs is 5. The number of nitrogens with zero attached hydrogens (tertiary/aromatic N) is 1. The average molecular weight is 742 g/mol. The van der Waals surface area contributed by atoms with Crippen molar-refractivity contribution in [3.8, 4) is 22.3 Å². The van der Waals surface area contributed by atoms with Gasteiger partial charge < -0.3 is 9.32 Å². The molecule has 2 heteroatoms. The van der Waals surface area contributed by atoms with Crippen LogP contribution in [0, 0.1) is 0 Å². The molecule has 274 valence electrons. The van der Waals surface area contributed by atoms with Gasteiger partial charge >= 0.3 is 0 Å². The van der Waals surface area contributed by atoms with Gasteiger partial charge in [0.2, 0.25) is 0 Å². The summed E-state index contributed by atoms with van der Waals surface area (Å²) in [6.45, 7) is 8.52. The van der Waals surface area contributed by atoms with E-state index in [4.69, 9.17) is 4.42 Å². The lowest BCUT2D eigenvalue weighted by molar-refractivity contribution is 0.669. The lowest BCUT2D eigenvalue weighted by Crippen LogP contribution is -2.11. The van der Waals surface area contributed by atoms with Crippen molar-refractivity contribution in [3.63, 3.8) is 0 Å². The van der Waals surface area contributed by atoms with Crippen molar-refractivity contribution < 1.29 is 4.42 Å². The maximum Gasteiger partial charge on any atom is 0.136 e. The van der Waals surface area contributed by atoms with Crippen LogP contribution < -0.4 is 4.90 Å². The summed E-state index contributed by atoms with van der Waals surface area (Å²) >= 11 is 0. The van der Waals surface area contributed by atoms with E-state index >= 15 is 0 Å². The van der Waals surface area contributed by atoms with E-state index < -0.39 is 0 Å². The molecule has 0 spiro atoms. The van der Waals surface area contributed by atoms with Crippen LogP contribution in [0.1, 0.15) is 11.1 Å². The first-order valence-electron chi connectivity index (χ1n) is 19.6. The third kappa shape index (κ3) is 6.47. The molecule has 9 aromatic carbocycles. The van der Waals surface area contributed by atoms with Gasteiger partial charge in [-0.1, -0.05) is 159 Å². The molecule has 0 amide bonds. The molecule has 1 heterocycles. The molecule has 2 nitrogen and oxygen atoms in total. The number of allylic oxidation sites excluding steroid dienone is 4. The van der Waals surface area contributed by atoms with Crippen LogP contribution in [0.5, 0.6) is 0 Å². The number of para-hydroxylation sites is 1. The minimum Gasteiger partial charge on any atom is -0.456 e. The van der Waals surface area contributed by atoms with Crippen molar-refractivity contribution in [2.45, 2.75) is 0 Å². The first-order chi connectivity index (χ1) is 28.6. The molecule has 0 aliphatic rings. The summed E-state index contributed by atoms with van der Waals surface area (Å²) in [5.74, 6) is 0. The molecule has 0 bridgehead atoms. The number of anilines is 3. The van der Waals surface area contributed by atoms with Crippen LogP contribution in [0.15, 0.2) is 230 Å². The monoisotopic (exact) mass is 741 g/mol. The number of hydrogen-bond acceptors (Lipinski definition) is 2. The molecule has 0 atom stereocenters. The van der Waals surface area contributed by atoms with Gasteiger partial charge in [-0.25, -0.2) is 0 Å². The standard InChI is InChI=1S/C56H39NO/c1-3-39(32-38(2)40-14-5-4-6-15-40)42-26-29-49(30-27-42)57(50-21-13-20-44(34-50)47-25-24-41-16-7-8-17-43(41)33-47)54-23-12-11-22-51(54)48-28-31-55-52(36-48)53-35-45-18-9-10-19-46(45)37-56(53)58-55/h3-37H,1-2H2/b39-32+. The molecular weight excluding hydrogens is 703 g/mol. The largest absolute Gasteiger partial charge is 0.456 e. The zero-order chi connectivity index (χ0) is 39.0. The Morgan fingerprint density at radius 2 is 1.10 bits per heavy atom. The predicted molar refractivity (Wildman–Crippen MR) is 248 cm³/mol. The molecule has 0 aliphatic carbocycles. The van der Waals surface area contributed by atoms with Crippen LogP contribution in [0.25, 0.3) is 76.9 Å². The molecule has 0 N–H and O–H groups in total. The molecule has 1 aromatic heterocycles.